The molecule has 0 atom stereocenters. The van der Waals surface area contributed by atoms with Gasteiger partial charge in [0.05, 0.1) is 4.92 Å². The fourth-order valence-electron chi connectivity index (χ4n) is 2.03. The van der Waals surface area contributed by atoms with Gasteiger partial charge >= 0.3 is 5.69 Å². The third-order valence-corrected chi connectivity index (χ3v) is 3.11. The Morgan fingerprint density at radius 2 is 1.83 bits per heavy atom. The number of nitro groups is 1. The van der Waals surface area contributed by atoms with E-state index in [0.29, 0.717) is 24.3 Å². The molecular formula is C15H17N5O4. The lowest BCUT2D eigenvalue weighted by atomic mass is 10.2. The van der Waals surface area contributed by atoms with Crippen LogP contribution in [-0.2, 0) is 16.1 Å². The number of rotatable bonds is 7. The highest BCUT2D eigenvalue weighted by Crippen LogP contribution is 2.14. The van der Waals surface area contributed by atoms with E-state index in [1.165, 1.54) is 24.0 Å². The number of hydrogen-bond acceptors (Lipinski definition) is 5. The smallest absolute Gasteiger partial charge is 0.306 e. The van der Waals surface area contributed by atoms with Crippen molar-refractivity contribution in [2.45, 2.75) is 26.3 Å². The molecule has 0 aliphatic rings. The summed E-state index contributed by atoms with van der Waals surface area (Å²) in [6, 6.07) is 6.78. The van der Waals surface area contributed by atoms with E-state index in [-0.39, 0.29) is 23.9 Å². The molecule has 0 aliphatic carbocycles. The Kier molecular flexibility index (Phi) is 5.61. The molecule has 0 saturated carbocycles. The first kappa shape index (κ1) is 17.1. The third kappa shape index (κ3) is 5.20. The van der Waals surface area contributed by atoms with Crippen molar-refractivity contribution in [1.29, 1.82) is 0 Å². The van der Waals surface area contributed by atoms with Crippen LogP contribution in [0, 0.1) is 10.1 Å². The summed E-state index contributed by atoms with van der Waals surface area (Å²) in [5, 5.41) is 19.8. The molecule has 9 nitrogen and oxygen atoms in total. The van der Waals surface area contributed by atoms with Crippen LogP contribution in [0.1, 0.15) is 19.8 Å². The molecule has 2 rings (SSSR count). The van der Waals surface area contributed by atoms with Gasteiger partial charge < -0.3 is 10.6 Å². The predicted molar refractivity (Wildman–Crippen MR) is 87.5 cm³/mol. The van der Waals surface area contributed by atoms with Gasteiger partial charge in [0.15, 0.2) is 0 Å². The molecule has 0 spiro atoms. The number of anilines is 2. The van der Waals surface area contributed by atoms with Gasteiger partial charge in [0, 0.05) is 31.3 Å². The Morgan fingerprint density at radius 3 is 2.38 bits per heavy atom. The Hall–Kier alpha value is -3.23. The normalized spacial score (nSPS) is 10.2. The van der Waals surface area contributed by atoms with Gasteiger partial charge in [-0.2, -0.15) is 5.10 Å². The lowest BCUT2D eigenvalue weighted by molar-refractivity contribution is -0.385. The highest BCUT2D eigenvalue weighted by Gasteiger charge is 2.09. The summed E-state index contributed by atoms with van der Waals surface area (Å²) in [5.74, 6) is -0.324. The zero-order chi connectivity index (χ0) is 17.5. The molecule has 0 aliphatic heterocycles. The van der Waals surface area contributed by atoms with Crippen molar-refractivity contribution < 1.29 is 14.5 Å². The van der Waals surface area contributed by atoms with Crippen molar-refractivity contribution in [2.75, 3.05) is 10.6 Å². The average Bonchev–Trinajstić information content (AvgIpc) is 2.98. The highest BCUT2D eigenvalue weighted by molar-refractivity contribution is 5.92. The van der Waals surface area contributed by atoms with Crippen molar-refractivity contribution in [3.63, 3.8) is 0 Å². The van der Waals surface area contributed by atoms with E-state index >= 15 is 0 Å². The summed E-state index contributed by atoms with van der Waals surface area (Å²) in [5.41, 5.74) is 1.21. The van der Waals surface area contributed by atoms with E-state index in [1.807, 2.05) is 0 Å². The first-order valence-corrected chi connectivity index (χ1v) is 7.28. The van der Waals surface area contributed by atoms with Crippen LogP contribution >= 0.6 is 0 Å². The molecule has 1 aromatic carbocycles. The summed E-state index contributed by atoms with van der Waals surface area (Å²) in [7, 11) is 0. The quantitative estimate of drug-likeness (QED) is 0.595. The molecule has 1 aromatic heterocycles. The van der Waals surface area contributed by atoms with Gasteiger partial charge in [0.25, 0.3) is 0 Å². The van der Waals surface area contributed by atoms with Crippen LogP contribution in [0.4, 0.5) is 17.1 Å². The van der Waals surface area contributed by atoms with Crippen LogP contribution in [0.2, 0.25) is 0 Å². The van der Waals surface area contributed by atoms with E-state index in [1.54, 1.807) is 24.3 Å². The van der Waals surface area contributed by atoms with E-state index in [4.69, 9.17) is 0 Å². The average molecular weight is 331 g/mol. The molecular weight excluding hydrogens is 314 g/mol. The monoisotopic (exact) mass is 331 g/mol. The Morgan fingerprint density at radius 1 is 1.21 bits per heavy atom. The van der Waals surface area contributed by atoms with Crippen LogP contribution in [0.5, 0.6) is 0 Å². The van der Waals surface area contributed by atoms with Crippen molar-refractivity contribution in [2.24, 2.45) is 0 Å². The second-order valence-electron chi connectivity index (χ2n) is 5.13. The van der Waals surface area contributed by atoms with Gasteiger partial charge in [-0.05, 0) is 30.7 Å². The van der Waals surface area contributed by atoms with Crippen molar-refractivity contribution in [3.05, 3.63) is 46.8 Å². The minimum atomic E-state index is -0.513. The number of nitrogens with one attached hydrogen (secondary N) is 2. The topological polar surface area (TPSA) is 119 Å². The summed E-state index contributed by atoms with van der Waals surface area (Å²) in [4.78, 5) is 32.8. The van der Waals surface area contributed by atoms with Crippen molar-refractivity contribution in [1.82, 2.24) is 9.78 Å². The number of carbonyl (C=O) groups is 2. The molecule has 0 fully saturated rings. The fraction of sp³-hybridized carbons (Fsp3) is 0.267. The van der Waals surface area contributed by atoms with E-state index in [2.05, 4.69) is 15.7 Å². The molecule has 126 valence electrons. The molecule has 0 saturated heterocycles. The molecule has 0 radical (unpaired) electrons. The van der Waals surface area contributed by atoms with Gasteiger partial charge in [-0.15, -0.1) is 0 Å². The molecule has 0 bridgehead atoms. The number of benzene rings is 1. The highest BCUT2D eigenvalue weighted by atomic mass is 16.6. The van der Waals surface area contributed by atoms with Crippen LogP contribution < -0.4 is 10.6 Å². The predicted octanol–water partition coefficient (Wildman–Crippen LogP) is 2.17. The van der Waals surface area contributed by atoms with Gasteiger partial charge in [0.2, 0.25) is 11.8 Å². The maximum absolute atomic E-state index is 11.9. The van der Waals surface area contributed by atoms with Crippen LogP contribution in [-0.4, -0.2) is 26.5 Å². The van der Waals surface area contributed by atoms with Gasteiger partial charge in [-0.3, -0.25) is 24.4 Å². The largest absolute Gasteiger partial charge is 0.326 e. The van der Waals surface area contributed by atoms with E-state index < -0.39 is 4.92 Å². The molecule has 9 heteroatoms. The lowest BCUT2D eigenvalue weighted by Gasteiger charge is -2.07. The molecule has 1 heterocycles. The first-order chi connectivity index (χ1) is 11.4. The molecule has 2 amide bonds. The Balaban J connectivity index is 1.76. The summed E-state index contributed by atoms with van der Waals surface area (Å²) < 4.78 is 1.44. The molecule has 2 N–H and O–H groups in total. The zero-order valence-corrected chi connectivity index (χ0v) is 13.1. The van der Waals surface area contributed by atoms with Crippen LogP contribution in [0.15, 0.2) is 36.7 Å². The maximum Gasteiger partial charge on any atom is 0.306 e. The van der Waals surface area contributed by atoms with E-state index in [0.717, 1.165) is 0 Å². The van der Waals surface area contributed by atoms with Crippen molar-refractivity contribution in [3.8, 4) is 0 Å². The SMILES string of the molecule is CC(=O)Nc1ccc(NC(=O)CCCn2cc([N+](=O)[O-])cn2)cc1. The third-order valence-electron chi connectivity index (χ3n) is 3.11. The number of nitrogens with zero attached hydrogens (tertiary/aromatic N) is 3. The summed E-state index contributed by atoms with van der Waals surface area (Å²) in [6.07, 6.45) is 3.28. The van der Waals surface area contributed by atoms with Crippen LogP contribution in [0.3, 0.4) is 0 Å². The minimum Gasteiger partial charge on any atom is -0.326 e. The fourth-order valence-corrected chi connectivity index (χ4v) is 2.03. The summed E-state index contributed by atoms with van der Waals surface area (Å²) >= 11 is 0. The van der Waals surface area contributed by atoms with Crippen LogP contribution in [0.25, 0.3) is 0 Å². The number of amides is 2. The number of aromatic nitrogens is 2. The van der Waals surface area contributed by atoms with Crippen molar-refractivity contribution >= 4 is 28.9 Å². The number of carbonyl (C=O) groups excluding carboxylic acids is 2. The molecule has 0 unspecified atom stereocenters. The van der Waals surface area contributed by atoms with Gasteiger partial charge in [-0.1, -0.05) is 0 Å². The summed E-state index contributed by atoms with van der Waals surface area (Å²) in [6.45, 7) is 1.84. The van der Waals surface area contributed by atoms with E-state index in [9.17, 15) is 19.7 Å². The second kappa shape index (κ2) is 7.86. The van der Waals surface area contributed by atoms with Gasteiger partial charge in [-0.25, -0.2) is 0 Å². The van der Waals surface area contributed by atoms with Gasteiger partial charge in [0.1, 0.15) is 12.4 Å². The maximum atomic E-state index is 11.9. The Bertz CT molecular complexity index is 739. The minimum absolute atomic E-state index is 0.0706. The second-order valence-corrected chi connectivity index (χ2v) is 5.13. The number of aryl methyl sites for hydroxylation is 1. The Labute approximate surface area is 137 Å². The number of hydrogen-bond donors (Lipinski definition) is 2. The lowest BCUT2D eigenvalue weighted by Crippen LogP contribution is -2.12. The molecule has 24 heavy (non-hydrogen) atoms. The standard InChI is InChI=1S/C15H17N5O4/c1-11(21)17-12-4-6-13(7-5-12)18-15(22)3-2-8-19-10-14(9-16-19)20(23)24/h4-7,9-10H,2-3,8H2,1H3,(H,17,21)(H,18,22). The molecule has 2 aromatic rings. The zero-order valence-electron chi connectivity index (χ0n) is 13.1. The first-order valence-electron chi connectivity index (χ1n) is 7.28.